The average Bonchev–Trinajstić information content (AvgIpc) is 2.65. The van der Waals surface area contributed by atoms with Crippen LogP contribution in [0.25, 0.3) is 0 Å². The van der Waals surface area contributed by atoms with Crippen molar-refractivity contribution in [1.29, 1.82) is 0 Å². The monoisotopic (exact) mass is 382 g/mol. The van der Waals surface area contributed by atoms with E-state index in [0.29, 0.717) is 12.8 Å². The van der Waals surface area contributed by atoms with Crippen LogP contribution < -0.4 is 4.74 Å². The number of esters is 1. The lowest BCUT2D eigenvalue weighted by molar-refractivity contribution is -0.145. The summed E-state index contributed by atoms with van der Waals surface area (Å²) in [5, 5.41) is 0. The van der Waals surface area contributed by atoms with Crippen LogP contribution in [-0.2, 0) is 16.0 Å². The van der Waals surface area contributed by atoms with Crippen molar-refractivity contribution in [3.63, 3.8) is 0 Å². The molecule has 0 aliphatic rings. The zero-order valence-electron chi connectivity index (χ0n) is 16.5. The van der Waals surface area contributed by atoms with E-state index in [1.54, 1.807) is 7.11 Å². The van der Waals surface area contributed by atoms with Crippen molar-refractivity contribution >= 4 is 17.6 Å². The molecule has 0 heterocycles. The second-order valence-electron chi connectivity index (χ2n) is 6.87. The van der Waals surface area contributed by atoms with E-state index in [-0.39, 0.29) is 5.97 Å². The molecular weight excluding hydrogens is 348 g/mol. The predicted octanol–water partition coefficient (Wildman–Crippen LogP) is 6.66. The maximum Gasteiger partial charge on any atom is 0.307 e. The fraction of sp³-hybridized carbons (Fsp3) is 0.682. The van der Waals surface area contributed by atoms with Crippen LogP contribution in [0.4, 0.5) is 0 Å². The van der Waals surface area contributed by atoms with Crippen LogP contribution in [0.2, 0.25) is 0 Å². The van der Waals surface area contributed by atoms with E-state index >= 15 is 0 Å². The normalized spacial score (nSPS) is 12.0. The molecule has 0 bridgehead atoms. The van der Waals surface area contributed by atoms with Crippen molar-refractivity contribution in [2.75, 3.05) is 7.11 Å². The van der Waals surface area contributed by atoms with Gasteiger partial charge in [-0.15, -0.1) is 0 Å². The fourth-order valence-electron chi connectivity index (χ4n) is 2.91. The van der Waals surface area contributed by atoms with Gasteiger partial charge in [0.2, 0.25) is 0 Å². The standard InChI is InChI=1S/C22H35ClO3/c1-3-4-5-6-7-8-9-10-11-12-22(24)26-21(23)18-15-19-13-16-20(25-2)17-14-19/h13-14,16-17,21H,3-12,15,18H2,1-2H3. The average molecular weight is 383 g/mol. The zero-order chi connectivity index (χ0) is 19.0. The molecule has 0 fully saturated rings. The number of methoxy groups -OCH3 is 1. The van der Waals surface area contributed by atoms with E-state index in [2.05, 4.69) is 6.92 Å². The van der Waals surface area contributed by atoms with Gasteiger partial charge in [0.15, 0.2) is 5.56 Å². The Morgan fingerprint density at radius 1 is 0.962 bits per heavy atom. The molecule has 3 nitrogen and oxygen atoms in total. The molecule has 0 aliphatic carbocycles. The fourth-order valence-corrected chi connectivity index (χ4v) is 3.12. The molecule has 1 atom stereocenters. The lowest BCUT2D eigenvalue weighted by Crippen LogP contribution is -2.13. The first kappa shape index (κ1) is 22.8. The Kier molecular flexibility index (Phi) is 13.1. The number of hydrogen-bond acceptors (Lipinski definition) is 3. The molecular formula is C22H35ClO3. The lowest BCUT2D eigenvalue weighted by Gasteiger charge is -2.11. The number of carbonyl (C=O) groups excluding carboxylic acids is 1. The largest absolute Gasteiger partial charge is 0.497 e. The van der Waals surface area contributed by atoms with Gasteiger partial charge >= 0.3 is 5.97 Å². The maximum atomic E-state index is 11.8. The van der Waals surface area contributed by atoms with E-state index in [9.17, 15) is 4.79 Å². The van der Waals surface area contributed by atoms with E-state index in [0.717, 1.165) is 30.6 Å². The summed E-state index contributed by atoms with van der Waals surface area (Å²) in [7, 11) is 1.65. The molecule has 4 heteroatoms. The Labute approximate surface area is 164 Å². The van der Waals surface area contributed by atoms with Gasteiger partial charge in [0.1, 0.15) is 5.75 Å². The molecule has 0 spiro atoms. The number of rotatable bonds is 15. The predicted molar refractivity (Wildman–Crippen MR) is 109 cm³/mol. The van der Waals surface area contributed by atoms with Gasteiger partial charge in [0.25, 0.3) is 0 Å². The van der Waals surface area contributed by atoms with Crippen molar-refractivity contribution in [1.82, 2.24) is 0 Å². The third-order valence-electron chi connectivity index (χ3n) is 4.56. The third-order valence-corrected chi connectivity index (χ3v) is 4.87. The van der Waals surface area contributed by atoms with Crippen molar-refractivity contribution in [3.05, 3.63) is 29.8 Å². The van der Waals surface area contributed by atoms with Crippen molar-refractivity contribution in [3.8, 4) is 5.75 Å². The smallest absolute Gasteiger partial charge is 0.307 e. The summed E-state index contributed by atoms with van der Waals surface area (Å²) in [5.41, 5.74) is 0.606. The van der Waals surface area contributed by atoms with E-state index in [1.807, 2.05) is 24.3 Å². The molecule has 148 valence electrons. The van der Waals surface area contributed by atoms with Gasteiger partial charge in [-0.25, -0.2) is 0 Å². The topological polar surface area (TPSA) is 35.5 Å². The quantitative estimate of drug-likeness (QED) is 0.193. The van der Waals surface area contributed by atoms with Crippen molar-refractivity contribution < 1.29 is 14.3 Å². The molecule has 0 aliphatic heterocycles. The van der Waals surface area contributed by atoms with Crippen LogP contribution in [0.3, 0.4) is 0 Å². The highest BCUT2D eigenvalue weighted by Crippen LogP contribution is 2.16. The number of halogens is 1. The highest BCUT2D eigenvalue weighted by atomic mass is 35.5. The van der Waals surface area contributed by atoms with Gasteiger partial charge < -0.3 is 9.47 Å². The molecule has 1 unspecified atom stereocenters. The minimum absolute atomic E-state index is 0.178. The summed E-state index contributed by atoms with van der Waals surface area (Å²) < 4.78 is 10.4. The highest BCUT2D eigenvalue weighted by Gasteiger charge is 2.11. The molecule has 26 heavy (non-hydrogen) atoms. The summed E-state index contributed by atoms with van der Waals surface area (Å²) in [6.07, 6.45) is 13.0. The number of ether oxygens (including phenoxy) is 2. The number of benzene rings is 1. The minimum atomic E-state index is -0.553. The van der Waals surface area contributed by atoms with Crippen LogP contribution in [0, 0.1) is 0 Å². The Morgan fingerprint density at radius 2 is 1.54 bits per heavy atom. The minimum Gasteiger partial charge on any atom is -0.497 e. The van der Waals surface area contributed by atoms with Gasteiger partial charge in [-0.1, -0.05) is 82.0 Å². The number of unbranched alkanes of at least 4 members (excludes halogenated alkanes) is 8. The van der Waals surface area contributed by atoms with Crippen molar-refractivity contribution in [2.45, 2.75) is 89.5 Å². The highest BCUT2D eigenvalue weighted by molar-refractivity contribution is 6.20. The molecule has 0 N–H and O–H groups in total. The number of carbonyl (C=O) groups is 1. The van der Waals surface area contributed by atoms with Crippen molar-refractivity contribution in [2.24, 2.45) is 0 Å². The van der Waals surface area contributed by atoms with Crippen LogP contribution in [-0.4, -0.2) is 18.6 Å². The second-order valence-corrected chi connectivity index (χ2v) is 7.35. The first-order chi connectivity index (χ1) is 12.7. The van der Waals surface area contributed by atoms with Crippen LogP contribution in [0.15, 0.2) is 24.3 Å². The van der Waals surface area contributed by atoms with E-state index < -0.39 is 5.56 Å². The van der Waals surface area contributed by atoms with Crippen LogP contribution in [0.1, 0.15) is 83.1 Å². The Hall–Kier alpha value is -1.22. The molecule has 1 rings (SSSR count). The summed E-state index contributed by atoms with van der Waals surface area (Å²) in [6, 6.07) is 7.86. The number of aryl methyl sites for hydroxylation is 1. The molecule has 0 amide bonds. The van der Waals surface area contributed by atoms with E-state index in [4.69, 9.17) is 21.1 Å². The summed E-state index contributed by atoms with van der Waals surface area (Å²) >= 11 is 6.14. The Morgan fingerprint density at radius 3 is 2.12 bits per heavy atom. The molecule has 1 aromatic carbocycles. The van der Waals surface area contributed by atoms with E-state index in [1.165, 1.54) is 44.9 Å². The zero-order valence-corrected chi connectivity index (χ0v) is 17.2. The van der Waals surface area contributed by atoms with Gasteiger partial charge in [-0.3, -0.25) is 4.79 Å². The van der Waals surface area contributed by atoms with Gasteiger partial charge in [-0.2, -0.15) is 0 Å². The van der Waals surface area contributed by atoms with Crippen LogP contribution in [0.5, 0.6) is 5.75 Å². The van der Waals surface area contributed by atoms with Gasteiger partial charge in [0, 0.05) is 12.8 Å². The second kappa shape index (κ2) is 14.9. The molecule has 0 radical (unpaired) electrons. The lowest BCUT2D eigenvalue weighted by atomic mass is 10.1. The molecule has 0 saturated heterocycles. The molecule has 0 aromatic heterocycles. The maximum absolute atomic E-state index is 11.8. The Bertz CT molecular complexity index is 473. The summed E-state index contributed by atoms with van der Waals surface area (Å²) in [4.78, 5) is 11.8. The van der Waals surface area contributed by atoms with Gasteiger partial charge in [0.05, 0.1) is 7.11 Å². The number of hydrogen-bond donors (Lipinski definition) is 0. The summed E-state index contributed by atoms with van der Waals surface area (Å²) in [6.45, 7) is 2.24. The first-order valence-corrected chi connectivity index (χ1v) is 10.6. The SMILES string of the molecule is CCCCCCCCCCCC(=O)OC(Cl)CCc1ccc(OC)cc1. The third kappa shape index (κ3) is 11.4. The van der Waals surface area contributed by atoms with Gasteiger partial charge in [-0.05, 0) is 30.5 Å². The molecule has 1 aromatic rings. The summed E-state index contributed by atoms with van der Waals surface area (Å²) in [5.74, 6) is 0.659. The van der Waals surface area contributed by atoms with Crippen LogP contribution >= 0.6 is 11.6 Å². The molecule has 0 saturated carbocycles. The number of alkyl halides is 1. The first-order valence-electron chi connectivity index (χ1n) is 10.1. The Balaban J connectivity index is 2.02.